The monoisotopic (exact) mass is 268 g/mol. The van der Waals surface area contributed by atoms with Gasteiger partial charge in [-0.25, -0.2) is 9.78 Å². The van der Waals surface area contributed by atoms with Crippen molar-refractivity contribution in [3.8, 4) is 0 Å². The fourth-order valence-corrected chi connectivity index (χ4v) is 3.78. The quantitative estimate of drug-likeness (QED) is 0.811. The number of aromatic amines is 1. The van der Waals surface area contributed by atoms with E-state index >= 15 is 0 Å². The summed E-state index contributed by atoms with van der Waals surface area (Å²) in [4.78, 5) is 28.8. The summed E-state index contributed by atoms with van der Waals surface area (Å²) in [6, 6.07) is -0.766. The summed E-state index contributed by atoms with van der Waals surface area (Å²) in [5, 5.41) is 15.3. The van der Waals surface area contributed by atoms with Gasteiger partial charge in [-0.1, -0.05) is 0 Å². The minimum absolute atomic E-state index is 0.0382. The molecule has 2 N–H and O–H groups in total. The second kappa shape index (κ2) is 4.27. The topological polar surface area (TPSA) is 99.2 Å². The smallest absolute Gasteiger partial charge is 0.327 e. The van der Waals surface area contributed by atoms with Crippen molar-refractivity contribution in [1.29, 1.82) is 0 Å². The Kier molecular flexibility index (Phi) is 2.73. The van der Waals surface area contributed by atoms with Gasteiger partial charge in [0.25, 0.3) is 5.91 Å². The van der Waals surface area contributed by atoms with E-state index in [0.29, 0.717) is 11.7 Å². The number of amides is 1. The highest BCUT2D eigenvalue weighted by Crippen LogP contribution is 2.45. The number of rotatable bonds is 3. The van der Waals surface area contributed by atoms with Gasteiger partial charge in [0.05, 0.1) is 5.37 Å². The molecule has 0 aromatic carbocycles. The highest BCUT2D eigenvalue weighted by Gasteiger charge is 2.48. The van der Waals surface area contributed by atoms with Crippen LogP contribution in [0.25, 0.3) is 0 Å². The average molecular weight is 268 g/mol. The van der Waals surface area contributed by atoms with E-state index in [-0.39, 0.29) is 17.1 Å². The molecule has 0 radical (unpaired) electrons. The standard InChI is InChI=1S/C10H12N4O3S/c15-8(7-11-4-12-13-7)14-6(10(16)17)3-18-9(14)5-1-2-5/h4-6,9H,1-3H2,(H,16,17)(H,11,12,13). The maximum atomic E-state index is 12.3. The number of nitrogens with one attached hydrogen (secondary N) is 1. The SMILES string of the molecule is O=C(O)C1CSC(C2CC2)N1C(=O)c1ncn[nH]1. The second-order valence-corrected chi connectivity index (χ2v) is 5.61. The molecule has 2 aliphatic rings. The van der Waals surface area contributed by atoms with Gasteiger partial charge in [0.2, 0.25) is 5.82 Å². The number of hydrogen-bond acceptors (Lipinski definition) is 5. The Bertz CT molecular complexity index is 473. The molecule has 18 heavy (non-hydrogen) atoms. The molecule has 96 valence electrons. The minimum atomic E-state index is -0.960. The van der Waals surface area contributed by atoms with E-state index in [2.05, 4.69) is 15.2 Å². The first kappa shape index (κ1) is 11.5. The molecule has 3 rings (SSSR count). The van der Waals surface area contributed by atoms with Crippen LogP contribution in [0.15, 0.2) is 6.33 Å². The van der Waals surface area contributed by atoms with Crippen LogP contribution in [0.1, 0.15) is 23.5 Å². The number of carboxylic acid groups (broad SMARTS) is 1. The number of aliphatic carboxylic acids is 1. The summed E-state index contributed by atoms with van der Waals surface area (Å²) in [6.45, 7) is 0. The van der Waals surface area contributed by atoms with Crippen LogP contribution >= 0.6 is 11.8 Å². The molecule has 2 heterocycles. The van der Waals surface area contributed by atoms with Crippen LogP contribution in [0, 0.1) is 5.92 Å². The first-order valence-corrected chi connectivity index (χ1v) is 6.76. The van der Waals surface area contributed by atoms with Crippen LogP contribution in [0.3, 0.4) is 0 Å². The number of H-pyrrole nitrogens is 1. The molecule has 2 unspecified atom stereocenters. The Labute approximate surface area is 107 Å². The van der Waals surface area contributed by atoms with Gasteiger partial charge in [-0.2, -0.15) is 5.10 Å². The minimum Gasteiger partial charge on any atom is -0.480 e. The Balaban J connectivity index is 1.88. The van der Waals surface area contributed by atoms with E-state index in [4.69, 9.17) is 0 Å². The third-order valence-electron chi connectivity index (χ3n) is 3.20. The van der Waals surface area contributed by atoms with E-state index in [9.17, 15) is 14.7 Å². The Hall–Kier alpha value is -1.57. The molecule has 1 amide bonds. The molecule has 2 atom stereocenters. The lowest BCUT2D eigenvalue weighted by molar-refractivity contribution is -0.141. The van der Waals surface area contributed by atoms with Gasteiger partial charge in [-0.15, -0.1) is 11.8 Å². The van der Waals surface area contributed by atoms with Crippen molar-refractivity contribution in [2.24, 2.45) is 5.92 Å². The number of nitrogens with zero attached hydrogens (tertiary/aromatic N) is 3. The van der Waals surface area contributed by atoms with Crippen molar-refractivity contribution in [2.75, 3.05) is 5.75 Å². The van der Waals surface area contributed by atoms with E-state index < -0.39 is 12.0 Å². The summed E-state index contributed by atoms with van der Waals surface area (Å²) >= 11 is 1.55. The van der Waals surface area contributed by atoms with Crippen LogP contribution in [0.2, 0.25) is 0 Å². The fraction of sp³-hybridized carbons (Fsp3) is 0.600. The van der Waals surface area contributed by atoms with Crippen molar-refractivity contribution >= 4 is 23.6 Å². The summed E-state index contributed by atoms with van der Waals surface area (Å²) in [5.74, 6) is -0.364. The summed E-state index contributed by atoms with van der Waals surface area (Å²) in [7, 11) is 0. The molecule has 1 aromatic heterocycles. The van der Waals surface area contributed by atoms with E-state index in [1.165, 1.54) is 11.2 Å². The number of thioether (sulfide) groups is 1. The zero-order valence-electron chi connectivity index (χ0n) is 9.44. The normalized spacial score (nSPS) is 27.4. The van der Waals surface area contributed by atoms with Gasteiger partial charge in [0, 0.05) is 5.75 Å². The molecule has 1 aliphatic heterocycles. The number of carbonyl (C=O) groups is 2. The fourth-order valence-electron chi connectivity index (χ4n) is 2.15. The van der Waals surface area contributed by atoms with E-state index in [1.807, 2.05) is 0 Å². The lowest BCUT2D eigenvalue weighted by Gasteiger charge is -2.26. The number of carboxylic acids is 1. The number of carbonyl (C=O) groups excluding carboxylic acids is 1. The average Bonchev–Trinajstić information content (AvgIpc) is 2.91. The maximum Gasteiger partial charge on any atom is 0.327 e. The van der Waals surface area contributed by atoms with Crippen LogP contribution < -0.4 is 0 Å². The Morgan fingerprint density at radius 3 is 2.83 bits per heavy atom. The van der Waals surface area contributed by atoms with Gasteiger partial charge >= 0.3 is 5.97 Å². The highest BCUT2D eigenvalue weighted by molar-refractivity contribution is 8.00. The molecule has 2 fully saturated rings. The predicted octanol–water partition coefficient (Wildman–Crippen LogP) is 0.183. The molecule has 0 bridgehead atoms. The van der Waals surface area contributed by atoms with Gasteiger partial charge in [-0.3, -0.25) is 9.89 Å². The van der Waals surface area contributed by atoms with Crippen LogP contribution in [-0.2, 0) is 4.79 Å². The zero-order chi connectivity index (χ0) is 12.7. The third-order valence-corrected chi connectivity index (χ3v) is 4.66. The van der Waals surface area contributed by atoms with Crippen molar-refractivity contribution in [2.45, 2.75) is 24.3 Å². The van der Waals surface area contributed by atoms with Crippen molar-refractivity contribution in [1.82, 2.24) is 20.1 Å². The molecule has 1 saturated heterocycles. The zero-order valence-corrected chi connectivity index (χ0v) is 10.3. The van der Waals surface area contributed by atoms with Crippen molar-refractivity contribution in [3.63, 3.8) is 0 Å². The molecule has 1 saturated carbocycles. The Morgan fingerprint density at radius 2 is 2.28 bits per heavy atom. The van der Waals surface area contributed by atoms with E-state index in [1.54, 1.807) is 11.8 Å². The van der Waals surface area contributed by atoms with Crippen LogP contribution in [-0.4, -0.2) is 54.2 Å². The lowest BCUT2D eigenvalue weighted by Crippen LogP contribution is -2.46. The second-order valence-electron chi connectivity index (χ2n) is 4.46. The molecule has 1 aliphatic carbocycles. The predicted molar refractivity (Wildman–Crippen MR) is 62.9 cm³/mol. The van der Waals surface area contributed by atoms with Gasteiger partial charge in [0.15, 0.2) is 0 Å². The van der Waals surface area contributed by atoms with Gasteiger partial charge in [0.1, 0.15) is 12.4 Å². The Morgan fingerprint density at radius 1 is 1.50 bits per heavy atom. The highest BCUT2D eigenvalue weighted by atomic mass is 32.2. The van der Waals surface area contributed by atoms with E-state index in [0.717, 1.165) is 12.8 Å². The molecular weight excluding hydrogens is 256 g/mol. The number of aromatic nitrogens is 3. The van der Waals surface area contributed by atoms with Crippen LogP contribution in [0.4, 0.5) is 0 Å². The summed E-state index contributed by atoms with van der Waals surface area (Å²) in [5.41, 5.74) is 0. The third kappa shape index (κ3) is 1.86. The van der Waals surface area contributed by atoms with Gasteiger partial charge in [-0.05, 0) is 18.8 Å². The lowest BCUT2D eigenvalue weighted by atomic mass is 10.2. The summed E-state index contributed by atoms with van der Waals surface area (Å²) in [6.07, 6.45) is 3.37. The summed E-state index contributed by atoms with van der Waals surface area (Å²) < 4.78 is 0. The number of hydrogen-bond donors (Lipinski definition) is 2. The van der Waals surface area contributed by atoms with Crippen molar-refractivity contribution < 1.29 is 14.7 Å². The molecule has 1 aromatic rings. The first-order valence-electron chi connectivity index (χ1n) is 5.71. The molecule has 8 heteroatoms. The van der Waals surface area contributed by atoms with Crippen molar-refractivity contribution in [3.05, 3.63) is 12.2 Å². The largest absolute Gasteiger partial charge is 0.480 e. The molecular formula is C10H12N4O3S. The maximum absolute atomic E-state index is 12.3. The first-order chi connectivity index (χ1) is 8.68. The molecule has 7 nitrogen and oxygen atoms in total. The van der Waals surface area contributed by atoms with Crippen LogP contribution in [0.5, 0.6) is 0 Å². The molecule has 0 spiro atoms. The van der Waals surface area contributed by atoms with Gasteiger partial charge < -0.3 is 10.0 Å².